The fraction of sp³-hybridized carbons (Fsp3) is 0.636. The summed E-state index contributed by atoms with van der Waals surface area (Å²) in [4.78, 5) is 26.4. The molecule has 5 nitrogen and oxygen atoms in total. The molecule has 2 fully saturated rings. The van der Waals surface area contributed by atoms with Crippen molar-refractivity contribution in [2.45, 2.75) is 71.2 Å². The molecule has 1 saturated carbocycles. The lowest BCUT2D eigenvalue weighted by atomic mass is 9.92. The third-order valence-corrected chi connectivity index (χ3v) is 5.68. The number of nitrogens with one attached hydrogen (secondary N) is 1. The maximum absolute atomic E-state index is 14.7. The Morgan fingerprint density at radius 2 is 2.00 bits per heavy atom. The summed E-state index contributed by atoms with van der Waals surface area (Å²) < 4.78 is 33.3. The average Bonchev–Trinajstić information content (AvgIpc) is 3.38. The summed E-state index contributed by atoms with van der Waals surface area (Å²) in [5.41, 5.74) is 0.587. The SMILES string of the molecule is Cc1cc(F)ccc1CC1(C(=O)N[C@H]2CCN(C(=O)OC(C)(C)C)C[C@@H]2F)CC1. The Morgan fingerprint density at radius 1 is 1.31 bits per heavy atom. The van der Waals surface area contributed by atoms with Crippen LogP contribution in [0.1, 0.15) is 51.2 Å². The Balaban J connectivity index is 1.56. The van der Waals surface area contributed by atoms with Crippen molar-refractivity contribution in [2.24, 2.45) is 5.41 Å². The molecule has 2 aliphatic rings. The van der Waals surface area contributed by atoms with Crippen LogP contribution in [-0.2, 0) is 16.0 Å². The second kappa shape index (κ2) is 7.92. The molecule has 0 aromatic heterocycles. The molecular formula is C22H30F2N2O3. The summed E-state index contributed by atoms with van der Waals surface area (Å²) in [5, 5.41) is 2.86. The van der Waals surface area contributed by atoms with Crippen molar-refractivity contribution in [3.8, 4) is 0 Å². The van der Waals surface area contributed by atoms with Gasteiger partial charge in [0.1, 0.15) is 17.6 Å². The van der Waals surface area contributed by atoms with Gasteiger partial charge in [0.05, 0.1) is 18.0 Å². The summed E-state index contributed by atoms with van der Waals surface area (Å²) >= 11 is 0. The van der Waals surface area contributed by atoms with Gasteiger partial charge in [-0.25, -0.2) is 13.6 Å². The standard InChI is InChI=1S/C22H30F2N2O3/c1-14-11-16(23)6-5-15(14)12-22(8-9-22)19(27)25-18-7-10-26(13-17(18)24)20(28)29-21(2,3)4/h5-6,11,17-18H,7-10,12-13H2,1-4H3,(H,25,27)/t17-,18-/m0/s1. The lowest BCUT2D eigenvalue weighted by Gasteiger charge is -2.36. The van der Waals surface area contributed by atoms with Crippen LogP contribution < -0.4 is 5.32 Å². The van der Waals surface area contributed by atoms with Crippen LogP contribution in [0.5, 0.6) is 0 Å². The summed E-state index contributed by atoms with van der Waals surface area (Å²) in [7, 11) is 0. The number of likely N-dealkylation sites (tertiary alicyclic amines) is 1. The van der Waals surface area contributed by atoms with Gasteiger partial charge in [-0.1, -0.05) is 6.07 Å². The molecule has 7 heteroatoms. The molecular weight excluding hydrogens is 378 g/mol. The van der Waals surface area contributed by atoms with E-state index in [2.05, 4.69) is 5.32 Å². The first-order valence-electron chi connectivity index (χ1n) is 10.2. The Hall–Kier alpha value is -2.18. The number of halogens is 2. The number of ether oxygens (including phenoxy) is 1. The molecule has 1 saturated heterocycles. The average molecular weight is 408 g/mol. The first-order chi connectivity index (χ1) is 13.5. The third-order valence-electron chi connectivity index (χ3n) is 5.68. The van der Waals surface area contributed by atoms with Gasteiger partial charge in [0.2, 0.25) is 5.91 Å². The highest BCUT2D eigenvalue weighted by molar-refractivity contribution is 5.86. The van der Waals surface area contributed by atoms with Crippen LogP contribution in [0.15, 0.2) is 18.2 Å². The van der Waals surface area contributed by atoms with Crippen LogP contribution in [0, 0.1) is 18.2 Å². The summed E-state index contributed by atoms with van der Waals surface area (Å²) in [6.45, 7) is 7.37. The van der Waals surface area contributed by atoms with Gasteiger partial charge < -0.3 is 15.0 Å². The summed E-state index contributed by atoms with van der Waals surface area (Å²) in [5.74, 6) is -0.447. The molecule has 3 rings (SSSR count). The van der Waals surface area contributed by atoms with Crippen LogP contribution in [0.3, 0.4) is 0 Å². The number of alkyl halides is 1. The van der Waals surface area contributed by atoms with Crippen molar-refractivity contribution >= 4 is 12.0 Å². The predicted molar refractivity (Wildman–Crippen MR) is 106 cm³/mol. The number of hydrogen-bond donors (Lipinski definition) is 1. The van der Waals surface area contributed by atoms with Crippen molar-refractivity contribution in [1.82, 2.24) is 10.2 Å². The maximum Gasteiger partial charge on any atom is 0.410 e. The smallest absolute Gasteiger partial charge is 0.410 e. The predicted octanol–water partition coefficient (Wildman–Crippen LogP) is 3.92. The minimum atomic E-state index is -1.34. The lowest BCUT2D eigenvalue weighted by Crippen LogP contribution is -2.55. The molecule has 1 aliphatic carbocycles. The zero-order chi connectivity index (χ0) is 21.4. The molecule has 160 valence electrons. The number of amides is 2. The first kappa shape index (κ1) is 21.5. The summed E-state index contributed by atoms with van der Waals surface area (Å²) in [6.07, 6.45) is 0.474. The van der Waals surface area contributed by atoms with E-state index in [0.29, 0.717) is 19.4 Å². The topological polar surface area (TPSA) is 58.6 Å². The molecule has 0 spiro atoms. The molecule has 29 heavy (non-hydrogen) atoms. The Morgan fingerprint density at radius 3 is 2.55 bits per heavy atom. The minimum absolute atomic E-state index is 0.0933. The van der Waals surface area contributed by atoms with Gasteiger partial charge in [-0.2, -0.15) is 0 Å². The van der Waals surface area contributed by atoms with E-state index < -0.39 is 29.3 Å². The third kappa shape index (κ3) is 5.25. The van der Waals surface area contributed by atoms with E-state index >= 15 is 0 Å². The molecule has 0 radical (unpaired) electrons. The van der Waals surface area contributed by atoms with Crippen molar-refractivity contribution in [1.29, 1.82) is 0 Å². The minimum Gasteiger partial charge on any atom is -0.444 e. The second-order valence-electron chi connectivity index (χ2n) is 9.34. The second-order valence-corrected chi connectivity index (χ2v) is 9.34. The van der Waals surface area contributed by atoms with Gasteiger partial charge >= 0.3 is 6.09 Å². The zero-order valence-corrected chi connectivity index (χ0v) is 17.6. The highest BCUT2D eigenvalue weighted by Crippen LogP contribution is 2.49. The van der Waals surface area contributed by atoms with Crippen molar-refractivity contribution in [3.63, 3.8) is 0 Å². The maximum atomic E-state index is 14.7. The molecule has 1 aliphatic heterocycles. The highest BCUT2D eigenvalue weighted by Gasteiger charge is 2.51. The molecule has 1 aromatic rings. The largest absolute Gasteiger partial charge is 0.444 e. The van der Waals surface area contributed by atoms with Crippen LogP contribution in [-0.4, -0.2) is 47.8 Å². The molecule has 1 N–H and O–H groups in total. The number of rotatable bonds is 4. The van der Waals surface area contributed by atoms with Crippen LogP contribution >= 0.6 is 0 Å². The molecule has 1 heterocycles. The number of hydrogen-bond acceptors (Lipinski definition) is 3. The van der Waals surface area contributed by atoms with E-state index in [4.69, 9.17) is 4.74 Å². The first-order valence-corrected chi connectivity index (χ1v) is 10.2. The number of carbonyl (C=O) groups excluding carboxylic acids is 2. The van der Waals surface area contributed by atoms with E-state index in [1.54, 1.807) is 26.8 Å². The van der Waals surface area contributed by atoms with Gasteiger partial charge in [0.15, 0.2) is 0 Å². The van der Waals surface area contributed by atoms with Crippen LogP contribution in [0.25, 0.3) is 0 Å². The normalized spacial score (nSPS) is 23.4. The number of nitrogens with zero attached hydrogens (tertiary/aromatic N) is 1. The van der Waals surface area contributed by atoms with Gasteiger partial charge in [-0.3, -0.25) is 4.79 Å². The zero-order valence-electron chi connectivity index (χ0n) is 17.6. The molecule has 0 unspecified atom stereocenters. The van der Waals surface area contributed by atoms with Gasteiger partial charge in [-0.15, -0.1) is 0 Å². The fourth-order valence-corrected chi connectivity index (χ4v) is 3.74. The Kier molecular flexibility index (Phi) is 5.88. The van der Waals surface area contributed by atoms with Crippen molar-refractivity contribution in [3.05, 3.63) is 35.1 Å². The summed E-state index contributed by atoms with van der Waals surface area (Å²) in [6, 6.07) is 3.97. The Labute approximate surface area is 170 Å². The van der Waals surface area contributed by atoms with Gasteiger partial charge in [0, 0.05) is 6.54 Å². The van der Waals surface area contributed by atoms with Crippen LogP contribution in [0.4, 0.5) is 13.6 Å². The lowest BCUT2D eigenvalue weighted by molar-refractivity contribution is -0.128. The molecule has 1 aromatic carbocycles. The fourth-order valence-electron chi connectivity index (χ4n) is 3.74. The van der Waals surface area contributed by atoms with Crippen molar-refractivity contribution < 1.29 is 23.1 Å². The number of aryl methyl sites for hydroxylation is 1. The quantitative estimate of drug-likeness (QED) is 0.822. The van der Waals surface area contributed by atoms with Gasteiger partial charge in [0.25, 0.3) is 0 Å². The van der Waals surface area contributed by atoms with E-state index in [0.717, 1.165) is 24.0 Å². The van der Waals surface area contributed by atoms with E-state index in [1.807, 2.05) is 6.92 Å². The molecule has 0 bridgehead atoms. The van der Waals surface area contributed by atoms with Crippen LogP contribution in [0.2, 0.25) is 0 Å². The highest BCUT2D eigenvalue weighted by atomic mass is 19.1. The van der Waals surface area contributed by atoms with Crippen molar-refractivity contribution in [2.75, 3.05) is 13.1 Å². The van der Waals surface area contributed by atoms with E-state index in [1.165, 1.54) is 17.0 Å². The monoisotopic (exact) mass is 408 g/mol. The number of carbonyl (C=O) groups is 2. The van der Waals surface area contributed by atoms with E-state index in [9.17, 15) is 18.4 Å². The molecule has 2 amide bonds. The van der Waals surface area contributed by atoms with Gasteiger partial charge in [-0.05, 0) is 76.6 Å². The Bertz CT molecular complexity index is 787. The van der Waals surface area contributed by atoms with E-state index in [-0.39, 0.29) is 18.3 Å². The number of piperidine rings is 1. The number of benzene rings is 1. The molecule has 2 atom stereocenters.